The predicted molar refractivity (Wildman–Crippen MR) is 83.1 cm³/mol. The maximum atomic E-state index is 12.8. The lowest BCUT2D eigenvalue weighted by atomic mass is 10.2. The van der Waals surface area contributed by atoms with E-state index < -0.39 is 29.9 Å². The molecule has 0 aliphatic heterocycles. The number of aryl methyl sites for hydroxylation is 1. The average molecular weight is 358 g/mol. The number of halogens is 3. The summed E-state index contributed by atoms with van der Waals surface area (Å²) in [5.41, 5.74) is -0.0940. The summed E-state index contributed by atoms with van der Waals surface area (Å²) in [5.74, 6) is -1.69. The maximum absolute atomic E-state index is 12.8. The molecule has 10 heteroatoms. The van der Waals surface area contributed by atoms with Crippen LogP contribution >= 0.6 is 0 Å². The van der Waals surface area contributed by atoms with Gasteiger partial charge in [0.1, 0.15) is 12.3 Å². The van der Waals surface area contributed by atoms with Crippen molar-refractivity contribution < 1.29 is 22.4 Å². The summed E-state index contributed by atoms with van der Waals surface area (Å²) in [6.45, 7) is 0.622. The van der Waals surface area contributed by atoms with Crippen molar-refractivity contribution >= 4 is 11.6 Å². The third-order valence-electron chi connectivity index (χ3n) is 3.33. The minimum Gasteiger partial charge on any atom is -0.456 e. The van der Waals surface area contributed by atoms with Crippen LogP contribution in [0.4, 0.5) is 18.9 Å². The van der Waals surface area contributed by atoms with Gasteiger partial charge in [0.05, 0.1) is 11.9 Å². The lowest BCUT2D eigenvalue weighted by Crippen LogP contribution is -2.33. The van der Waals surface area contributed by atoms with Crippen LogP contribution < -0.4 is 15.8 Å². The molecule has 1 amide bonds. The molecule has 7 nitrogen and oxygen atoms in total. The highest BCUT2D eigenvalue weighted by atomic mass is 19.4. The molecule has 2 rings (SSSR count). The van der Waals surface area contributed by atoms with Crippen LogP contribution in [-0.4, -0.2) is 29.8 Å². The highest BCUT2D eigenvalue weighted by molar-refractivity contribution is 5.75. The quantitative estimate of drug-likeness (QED) is 0.877. The number of nitrogens with one attached hydrogen (secondary N) is 1. The second-order valence-corrected chi connectivity index (χ2v) is 5.59. The molecule has 2 aromatic rings. The second kappa shape index (κ2) is 6.99. The summed E-state index contributed by atoms with van der Waals surface area (Å²) >= 11 is 0. The van der Waals surface area contributed by atoms with Crippen molar-refractivity contribution in [1.29, 1.82) is 0 Å². The average Bonchev–Trinajstić information content (AvgIpc) is 2.88. The lowest BCUT2D eigenvalue weighted by molar-refractivity contribution is -0.154. The molecule has 0 radical (unpaired) electrons. The number of nitrogens with zero attached hydrogens (tertiary/aromatic N) is 3. The van der Waals surface area contributed by atoms with Gasteiger partial charge in [-0.1, -0.05) is 0 Å². The van der Waals surface area contributed by atoms with Crippen molar-refractivity contribution in [2.24, 2.45) is 0 Å². The summed E-state index contributed by atoms with van der Waals surface area (Å²) in [4.78, 5) is 25.4. The first-order valence-electron chi connectivity index (χ1n) is 7.25. The van der Waals surface area contributed by atoms with Gasteiger partial charge in [-0.25, -0.2) is 4.68 Å². The van der Waals surface area contributed by atoms with Crippen molar-refractivity contribution in [3.63, 3.8) is 0 Å². The molecule has 0 saturated heterocycles. The summed E-state index contributed by atoms with van der Waals surface area (Å²) in [7, 11) is 3.47. The van der Waals surface area contributed by atoms with Gasteiger partial charge in [0.2, 0.25) is 11.7 Å². The second-order valence-electron chi connectivity index (χ2n) is 5.59. The number of carbonyl (C=O) groups excluding carboxylic acids is 1. The number of alkyl halides is 3. The third kappa shape index (κ3) is 4.61. The number of rotatable bonds is 5. The van der Waals surface area contributed by atoms with Crippen LogP contribution in [0.1, 0.15) is 17.1 Å². The van der Waals surface area contributed by atoms with Crippen molar-refractivity contribution in [2.45, 2.75) is 26.2 Å². The van der Waals surface area contributed by atoms with Gasteiger partial charge < -0.3 is 14.6 Å². The van der Waals surface area contributed by atoms with Gasteiger partial charge in [0, 0.05) is 32.3 Å². The van der Waals surface area contributed by atoms with Gasteiger partial charge in [0.15, 0.2) is 0 Å². The molecule has 0 aromatic carbocycles. The van der Waals surface area contributed by atoms with E-state index in [1.807, 2.05) is 0 Å². The molecule has 0 unspecified atom stereocenters. The molecule has 0 spiro atoms. The van der Waals surface area contributed by atoms with Crippen LogP contribution in [0.2, 0.25) is 0 Å². The highest BCUT2D eigenvalue weighted by Crippen LogP contribution is 2.33. The Morgan fingerprint density at radius 1 is 1.36 bits per heavy atom. The molecule has 0 aliphatic carbocycles. The van der Waals surface area contributed by atoms with Gasteiger partial charge in [0.25, 0.3) is 5.56 Å². The zero-order valence-electron chi connectivity index (χ0n) is 13.8. The van der Waals surface area contributed by atoms with E-state index in [9.17, 15) is 22.8 Å². The van der Waals surface area contributed by atoms with E-state index in [0.717, 1.165) is 4.68 Å². The van der Waals surface area contributed by atoms with E-state index in [-0.39, 0.29) is 17.9 Å². The van der Waals surface area contributed by atoms with Crippen molar-refractivity contribution in [3.05, 3.63) is 45.8 Å². The molecule has 2 heterocycles. The van der Waals surface area contributed by atoms with E-state index in [1.165, 1.54) is 25.3 Å². The minimum absolute atomic E-state index is 0.0914. The molecule has 136 valence electrons. The van der Waals surface area contributed by atoms with Crippen LogP contribution in [0, 0.1) is 6.92 Å². The SMILES string of the molecule is Cc1cc(CNC(=O)Cn2ncc(N(C)C)cc2=O)c(C(F)(F)F)o1. The molecule has 0 fully saturated rings. The highest BCUT2D eigenvalue weighted by Gasteiger charge is 2.37. The number of anilines is 1. The molecule has 25 heavy (non-hydrogen) atoms. The number of amides is 1. The van der Waals surface area contributed by atoms with E-state index in [4.69, 9.17) is 0 Å². The standard InChI is InChI=1S/C15H17F3N4O3/c1-9-4-10(14(25-9)15(16,17)18)6-19-12(23)8-22-13(24)5-11(7-20-22)21(2)3/h4-5,7H,6,8H2,1-3H3,(H,19,23). The molecule has 1 N–H and O–H groups in total. The molecule has 0 aliphatic rings. The van der Waals surface area contributed by atoms with Gasteiger partial charge in [-0.3, -0.25) is 9.59 Å². The zero-order valence-corrected chi connectivity index (χ0v) is 13.8. The minimum atomic E-state index is -4.64. The Bertz CT molecular complexity index is 824. The Morgan fingerprint density at radius 3 is 2.60 bits per heavy atom. The number of hydrogen-bond acceptors (Lipinski definition) is 5. The number of carbonyl (C=O) groups is 1. The third-order valence-corrected chi connectivity index (χ3v) is 3.33. The largest absolute Gasteiger partial charge is 0.456 e. The van der Waals surface area contributed by atoms with Crippen LogP contribution in [0.15, 0.2) is 27.5 Å². The molecular formula is C15H17F3N4O3. The fraction of sp³-hybridized carbons (Fsp3) is 0.400. The fourth-order valence-corrected chi connectivity index (χ4v) is 2.11. The van der Waals surface area contributed by atoms with Crippen molar-refractivity contribution in [2.75, 3.05) is 19.0 Å². The van der Waals surface area contributed by atoms with Crippen LogP contribution in [0.3, 0.4) is 0 Å². The maximum Gasteiger partial charge on any atom is 0.449 e. The van der Waals surface area contributed by atoms with E-state index >= 15 is 0 Å². The van der Waals surface area contributed by atoms with Gasteiger partial charge in [-0.2, -0.15) is 18.3 Å². The number of hydrogen-bond donors (Lipinski definition) is 1. The van der Waals surface area contributed by atoms with Crippen LogP contribution in [-0.2, 0) is 24.1 Å². The monoisotopic (exact) mass is 358 g/mol. The Kier molecular flexibility index (Phi) is 5.19. The topological polar surface area (TPSA) is 80.4 Å². The lowest BCUT2D eigenvalue weighted by Gasteiger charge is -2.12. The van der Waals surface area contributed by atoms with Gasteiger partial charge in [-0.05, 0) is 13.0 Å². The normalized spacial score (nSPS) is 11.4. The van der Waals surface area contributed by atoms with E-state index in [2.05, 4.69) is 14.8 Å². The summed E-state index contributed by atoms with van der Waals surface area (Å²) in [6, 6.07) is 2.51. The molecular weight excluding hydrogens is 341 g/mol. The van der Waals surface area contributed by atoms with Crippen LogP contribution in [0.25, 0.3) is 0 Å². The fourth-order valence-electron chi connectivity index (χ4n) is 2.11. The summed E-state index contributed by atoms with van der Waals surface area (Å²) in [6.07, 6.45) is -3.23. The van der Waals surface area contributed by atoms with Crippen LogP contribution in [0.5, 0.6) is 0 Å². The predicted octanol–water partition coefficient (Wildman–Crippen LogP) is 1.55. The van der Waals surface area contributed by atoms with Crippen molar-refractivity contribution in [1.82, 2.24) is 15.1 Å². The molecule has 0 atom stereocenters. The van der Waals surface area contributed by atoms with Crippen molar-refractivity contribution in [3.8, 4) is 0 Å². The van der Waals surface area contributed by atoms with E-state index in [0.29, 0.717) is 5.69 Å². The Hall–Kier alpha value is -2.78. The first-order chi connectivity index (χ1) is 11.6. The first-order valence-corrected chi connectivity index (χ1v) is 7.25. The Labute approximate surface area is 141 Å². The molecule has 0 bridgehead atoms. The Morgan fingerprint density at radius 2 is 2.04 bits per heavy atom. The zero-order chi connectivity index (χ0) is 18.8. The van der Waals surface area contributed by atoms with Gasteiger partial charge in [-0.15, -0.1) is 0 Å². The molecule has 2 aromatic heterocycles. The summed E-state index contributed by atoms with van der Waals surface area (Å²) < 4.78 is 44.0. The smallest absolute Gasteiger partial charge is 0.449 e. The van der Waals surface area contributed by atoms with Gasteiger partial charge >= 0.3 is 6.18 Å². The number of furan rings is 1. The summed E-state index contributed by atoms with van der Waals surface area (Å²) in [5, 5.41) is 6.19. The first kappa shape index (κ1) is 18.6. The molecule has 0 saturated carbocycles. The van der Waals surface area contributed by atoms with E-state index in [1.54, 1.807) is 19.0 Å². The Balaban J connectivity index is 2.04. The number of aromatic nitrogens is 2.